The summed E-state index contributed by atoms with van der Waals surface area (Å²) < 4.78 is 5.84. The lowest BCUT2D eigenvalue weighted by Crippen LogP contribution is -2.22. The topological polar surface area (TPSA) is 33.3 Å². The Morgan fingerprint density at radius 3 is 2.89 bits per heavy atom. The van der Waals surface area contributed by atoms with E-state index in [4.69, 9.17) is 4.74 Å². The molecule has 2 N–H and O–H groups in total. The lowest BCUT2D eigenvalue weighted by molar-refractivity contribution is 0.243. The van der Waals surface area contributed by atoms with Gasteiger partial charge in [0.25, 0.3) is 0 Å². The van der Waals surface area contributed by atoms with Gasteiger partial charge in [0.2, 0.25) is 0 Å². The van der Waals surface area contributed by atoms with Gasteiger partial charge in [-0.2, -0.15) is 0 Å². The van der Waals surface area contributed by atoms with Gasteiger partial charge in [-0.3, -0.25) is 0 Å². The van der Waals surface area contributed by atoms with Gasteiger partial charge in [-0.05, 0) is 58.3 Å². The minimum Gasteiger partial charge on any atom is -0.489 e. The third kappa shape index (κ3) is 3.91. The fourth-order valence-electron chi connectivity index (χ4n) is 2.33. The van der Waals surface area contributed by atoms with Crippen LogP contribution in [0.5, 0.6) is 5.75 Å². The fraction of sp³-hybridized carbons (Fsp3) is 0.600. The van der Waals surface area contributed by atoms with Crippen molar-refractivity contribution in [1.29, 1.82) is 0 Å². The van der Waals surface area contributed by atoms with Crippen LogP contribution < -0.4 is 15.4 Å². The number of rotatable bonds is 4. The van der Waals surface area contributed by atoms with Crippen molar-refractivity contribution < 1.29 is 4.74 Å². The van der Waals surface area contributed by atoms with E-state index >= 15 is 0 Å². The largest absolute Gasteiger partial charge is 0.489 e. The van der Waals surface area contributed by atoms with Crippen LogP contribution in [0.3, 0.4) is 0 Å². The molecule has 3 nitrogen and oxygen atoms in total. The van der Waals surface area contributed by atoms with Gasteiger partial charge in [0.15, 0.2) is 0 Å². The average molecular weight is 248 g/mol. The Morgan fingerprint density at radius 1 is 1.22 bits per heavy atom. The van der Waals surface area contributed by atoms with Crippen molar-refractivity contribution in [2.75, 3.05) is 18.4 Å². The van der Waals surface area contributed by atoms with Crippen molar-refractivity contribution in [1.82, 2.24) is 5.32 Å². The van der Waals surface area contributed by atoms with Crippen LogP contribution in [-0.4, -0.2) is 25.2 Å². The first-order chi connectivity index (χ1) is 8.75. The molecule has 0 aliphatic carbocycles. The quantitative estimate of drug-likeness (QED) is 0.859. The van der Waals surface area contributed by atoms with E-state index in [-0.39, 0.29) is 6.10 Å². The number of nitrogens with one attached hydrogen (secondary N) is 2. The van der Waals surface area contributed by atoms with Crippen LogP contribution >= 0.6 is 0 Å². The van der Waals surface area contributed by atoms with Crippen molar-refractivity contribution in [3.8, 4) is 5.75 Å². The number of benzene rings is 1. The second kappa shape index (κ2) is 6.64. The van der Waals surface area contributed by atoms with Gasteiger partial charge in [-0.15, -0.1) is 0 Å². The van der Waals surface area contributed by atoms with Gasteiger partial charge in [-0.25, -0.2) is 0 Å². The predicted molar refractivity (Wildman–Crippen MR) is 76.3 cm³/mol. The van der Waals surface area contributed by atoms with E-state index in [1.165, 1.54) is 19.3 Å². The first-order valence-electron chi connectivity index (χ1n) is 6.98. The van der Waals surface area contributed by atoms with Gasteiger partial charge >= 0.3 is 0 Å². The van der Waals surface area contributed by atoms with Crippen molar-refractivity contribution in [2.24, 2.45) is 0 Å². The number of hydrogen-bond acceptors (Lipinski definition) is 3. The second-order valence-corrected chi connectivity index (χ2v) is 5.18. The zero-order chi connectivity index (χ0) is 12.8. The van der Waals surface area contributed by atoms with Crippen LogP contribution in [0.4, 0.5) is 5.69 Å². The summed E-state index contributed by atoms with van der Waals surface area (Å²) in [7, 11) is 0. The third-order valence-electron chi connectivity index (χ3n) is 3.19. The first-order valence-corrected chi connectivity index (χ1v) is 6.98. The highest BCUT2D eigenvalue weighted by atomic mass is 16.5. The summed E-state index contributed by atoms with van der Waals surface area (Å²) >= 11 is 0. The molecule has 1 heterocycles. The molecule has 0 radical (unpaired) electrons. The smallest absolute Gasteiger partial charge is 0.142 e. The summed E-state index contributed by atoms with van der Waals surface area (Å²) in [5, 5.41) is 7.07. The molecule has 100 valence electrons. The molecule has 0 saturated carbocycles. The first kappa shape index (κ1) is 13.2. The highest BCUT2D eigenvalue weighted by Crippen LogP contribution is 2.26. The number of ether oxygens (including phenoxy) is 1. The molecule has 1 aliphatic rings. The molecule has 1 aromatic rings. The van der Waals surface area contributed by atoms with E-state index < -0.39 is 0 Å². The normalized spacial score (nSPS) is 20.5. The Morgan fingerprint density at radius 2 is 2.06 bits per heavy atom. The zero-order valence-corrected chi connectivity index (χ0v) is 11.4. The molecule has 0 spiro atoms. The molecule has 1 saturated heterocycles. The minimum atomic E-state index is 0.212. The van der Waals surface area contributed by atoms with E-state index in [1.54, 1.807) is 0 Å². The Labute approximate surface area is 110 Å². The molecule has 3 heteroatoms. The molecule has 0 bridgehead atoms. The van der Waals surface area contributed by atoms with Crippen LogP contribution in [0.15, 0.2) is 24.3 Å². The highest BCUT2D eigenvalue weighted by molar-refractivity contribution is 5.56. The van der Waals surface area contributed by atoms with Gasteiger partial charge in [0, 0.05) is 6.04 Å². The molecule has 2 rings (SSSR count). The summed E-state index contributed by atoms with van der Waals surface area (Å²) in [6, 6.07) is 8.78. The van der Waals surface area contributed by atoms with Gasteiger partial charge < -0.3 is 15.4 Å². The molecule has 0 aromatic heterocycles. The summed E-state index contributed by atoms with van der Waals surface area (Å²) in [4.78, 5) is 0. The number of anilines is 1. The van der Waals surface area contributed by atoms with Crippen molar-refractivity contribution in [2.45, 2.75) is 45.3 Å². The van der Waals surface area contributed by atoms with E-state index in [0.29, 0.717) is 6.04 Å². The summed E-state index contributed by atoms with van der Waals surface area (Å²) in [6.45, 7) is 6.37. The summed E-state index contributed by atoms with van der Waals surface area (Å²) in [5.74, 6) is 0.963. The lowest BCUT2D eigenvalue weighted by atomic mass is 10.1. The van der Waals surface area contributed by atoms with E-state index in [1.807, 2.05) is 12.1 Å². The monoisotopic (exact) mass is 248 g/mol. The Kier molecular flexibility index (Phi) is 4.88. The van der Waals surface area contributed by atoms with E-state index in [9.17, 15) is 0 Å². The number of para-hydroxylation sites is 2. The van der Waals surface area contributed by atoms with Crippen LogP contribution in [-0.2, 0) is 0 Å². The molecule has 1 fully saturated rings. The van der Waals surface area contributed by atoms with E-state index in [2.05, 4.69) is 36.6 Å². The Hall–Kier alpha value is -1.22. The maximum atomic E-state index is 5.84. The average Bonchev–Trinajstić information content (AvgIpc) is 2.60. The SMILES string of the molecule is CC(C)Oc1ccccc1NC1CCCNCC1. The summed E-state index contributed by atoms with van der Waals surface area (Å²) in [6.07, 6.45) is 3.85. The number of hydrogen-bond donors (Lipinski definition) is 2. The summed E-state index contributed by atoms with van der Waals surface area (Å²) in [5.41, 5.74) is 1.12. The van der Waals surface area contributed by atoms with Gasteiger partial charge in [-0.1, -0.05) is 12.1 Å². The van der Waals surface area contributed by atoms with Crippen LogP contribution in [0.1, 0.15) is 33.1 Å². The zero-order valence-electron chi connectivity index (χ0n) is 11.4. The Balaban J connectivity index is 2.02. The molecular weight excluding hydrogens is 224 g/mol. The molecular formula is C15H24N2O. The maximum Gasteiger partial charge on any atom is 0.142 e. The van der Waals surface area contributed by atoms with Crippen LogP contribution in [0.25, 0.3) is 0 Å². The van der Waals surface area contributed by atoms with Gasteiger partial charge in [0.1, 0.15) is 5.75 Å². The van der Waals surface area contributed by atoms with E-state index in [0.717, 1.165) is 24.5 Å². The molecule has 18 heavy (non-hydrogen) atoms. The van der Waals surface area contributed by atoms with Crippen molar-refractivity contribution in [3.63, 3.8) is 0 Å². The molecule has 1 aliphatic heterocycles. The lowest BCUT2D eigenvalue weighted by Gasteiger charge is -2.21. The van der Waals surface area contributed by atoms with Crippen LogP contribution in [0, 0.1) is 0 Å². The van der Waals surface area contributed by atoms with Crippen molar-refractivity contribution >= 4 is 5.69 Å². The second-order valence-electron chi connectivity index (χ2n) is 5.18. The van der Waals surface area contributed by atoms with Gasteiger partial charge in [0.05, 0.1) is 11.8 Å². The molecule has 1 atom stereocenters. The Bertz CT molecular complexity index is 357. The third-order valence-corrected chi connectivity index (χ3v) is 3.19. The fourth-order valence-corrected chi connectivity index (χ4v) is 2.33. The highest BCUT2D eigenvalue weighted by Gasteiger charge is 2.13. The predicted octanol–water partition coefficient (Wildman–Crippen LogP) is 3.03. The molecule has 1 aromatic carbocycles. The molecule has 0 amide bonds. The minimum absolute atomic E-state index is 0.212. The molecule has 1 unspecified atom stereocenters. The van der Waals surface area contributed by atoms with Crippen molar-refractivity contribution in [3.05, 3.63) is 24.3 Å². The van der Waals surface area contributed by atoms with Crippen LogP contribution in [0.2, 0.25) is 0 Å². The standard InChI is InChI=1S/C15H24N2O/c1-12(2)18-15-8-4-3-7-14(15)17-13-6-5-10-16-11-9-13/h3-4,7-8,12-13,16-17H,5-6,9-11H2,1-2H3. The maximum absolute atomic E-state index is 5.84.